The lowest BCUT2D eigenvalue weighted by atomic mass is 9.79. The molecule has 0 amide bonds. The molecule has 2 aliphatic rings. The summed E-state index contributed by atoms with van der Waals surface area (Å²) in [6.45, 7) is 9.91. The molecular formula is C16H24BNO3S. The molecule has 22 heavy (non-hydrogen) atoms. The molecule has 4 nitrogen and oxygen atoms in total. The van der Waals surface area contributed by atoms with E-state index in [-0.39, 0.29) is 18.3 Å². The topological polar surface area (TPSA) is 44.8 Å². The van der Waals surface area contributed by atoms with Gasteiger partial charge in [-0.3, -0.25) is 0 Å². The minimum atomic E-state index is -0.805. The molecule has 0 spiro atoms. The second-order valence-electron chi connectivity index (χ2n) is 7.07. The SMILES string of the molecule is CC1(C)OB(c2ccc(CN3CCC[S+]3[O-])cc2)OC1(C)C. The summed E-state index contributed by atoms with van der Waals surface area (Å²) in [5.74, 6) is 0.798. The summed E-state index contributed by atoms with van der Waals surface area (Å²) < 4.78 is 25.9. The smallest absolute Gasteiger partial charge is 0.494 e. The summed E-state index contributed by atoms with van der Waals surface area (Å²) >= 11 is -0.805. The molecule has 2 heterocycles. The van der Waals surface area contributed by atoms with Crippen LogP contribution in [0.3, 0.4) is 0 Å². The first kappa shape index (κ1) is 16.3. The molecule has 0 aliphatic carbocycles. The average Bonchev–Trinajstić information content (AvgIpc) is 2.92. The van der Waals surface area contributed by atoms with Crippen LogP contribution in [0.5, 0.6) is 0 Å². The van der Waals surface area contributed by atoms with Crippen LogP contribution in [0.15, 0.2) is 24.3 Å². The average molecular weight is 321 g/mol. The molecule has 1 aromatic rings. The predicted molar refractivity (Wildman–Crippen MR) is 90.2 cm³/mol. The molecule has 0 radical (unpaired) electrons. The van der Waals surface area contributed by atoms with Gasteiger partial charge in [0.25, 0.3) is 0 Å². The number of rotatable bonds is 3. The lowest BCUT2D eigenvalue weighted by molar-refractivity contribution is 0.00578. The Kier molecular flexibility index (Phi) is 4.33. The van der Waals surface area contributed by atoms with Crippen molar-refractivity contribution in [3.63, 3.8) is 0 Å². The van der Waals surface area contributed by atoms with Gasteiger partial charge in [-0.15, -0.1) is 4.31 Å². The maximum Gasteiger partial charge on any atom is 0.494 e. The minimum Gasteiger partial charge on any atom is -0.598 e. The van der Waals surface area contributed by atoms with Gasteiger partial charge >= 0.3 is 7.12 Å². The van der Waals surface area contributed by atoms with E-state index in [4.69, 9.17) is 9.31 Å². The van der Waals surface area contributed by atoms with Crippen molar-refractivity contribution in [2.24, 2.45) is 0 Å². The molecule has 0 saturated carbocycles. The molecule has 0 bridgehead atoms. The van der Waals surface area contributed by atoms with Gasteiger partial charge in [0.15, 0.2) is 0 Å². The standard InChI is InChI=1S/C16H24BNO3S/c1-15(2)16(3,4)21-17(20-15)14-8-6-13(7-9-14)12-18-10-5-11-22(18)19/h6-9H,5,10-12H2,1-4H3. The molecule has 1 aromatic carbocycles. The third-order valence-electron chi connectivity index (χ3n) is 4.88. The largest absolute Gasteiger partial charge is 0.598 e. The van der Waals surface area contributed by atoms with Crippen molar-refractivity contribution in [1.82, 2.24) is 4.31 Å². The van der Waals surface area contributed by atoms with Gasteiger partial charge in [-0.2, -0.15) is 0 Å². The van der Waals surface area contributed by atoms with Gasteiger partial charge in [0.05, 0.1) is 17.7 Å². The first-order valence-electron chi connectivity index (χ1n) is 7.86. The van der Waals surface area contributed by atoms with Crippen molar-refractivity contribution < 1.29 is 13.9 Å². The van der Waals surface area contributed by atoms with Crippen LogP contribution in [-0.2, 0) is 27.2 Å². The third kappa shape index (κ3) is 3.08. The van der Waals surface area contributed by atoms with Crippen LogP contribution in [0.4, 0.5) is 0 Å². The fourth-order valence-corrected chi connectivity index (χ4v) is 3.97. The quantitative estimate of drug-likeness (QED) is 0.630. The predicted octanol–water partition coefficient (Wildman–Crippen LogP) is 1.86. The van der Waals surface area contributed by atoms with Gasteiger partial charge in [-0.1, -0.05) is 24.3 Å². The first-order valence-corrected chi connectivity index (χ1v) is 9.14. The molecule has 2 fully saturated rings. The highest BCUT2D eigenvalue weighted by Crippen LogP contribution is 2.36. The summed E-state index contributed by atoms with van der Waals surface area (Å²) in [7, 11) is -0.319. The summed E-state index contributed by atoms with van der Waals surface area (Å²) in [4.78, 5) is 0. The second kappa shape index (κ2) is 5.84. The van der Waals surface area contributed by atoms with Gasteiger partial charge < -0.3 is 13.9 Å². The summed E-state index contributed by atoms with van der Waals surface area (Å²) in [5, 5.41) is 0. The third-order valence-corrected chi connectivity index (χ3v) is 6.40. The molecule has 0 aromatic heterocycles. The fourth-order valence-electron chi connectivity index (χ4n) is 2.71. The fraction of sp³-hybridized carbons (Fsp3) is 0.625. The van der Waals surface area contributed by atoms with Crippen LogP contribution in [-0.4, -0.2) is 39.5 Å². The Labute approximate surface area is 136 Å². The molecular weight excluding hydrogens is 297 g/mol. The first-order chi connectivity index (χ1) is 10.3. The van der Waals surface area contributed by atoms with Crippen molar-refractivity contribution in [2.45, 2.75) is 51.9 Å². The van der Waals surface area contributed by atoms with Crippen molar-refractivity contribution >= 4 is 23.9 Å². The van der Waals surface area contributed by atoms with E-state index in [2.05, 4.69) is 52.0 Å². The second-order valence-corrected chi connectivity index (χ2v) is 8.64. The maximum atomic E-state index is 11.8. The van der Waals surface area contributed by atoms with Crippen LogP contribution in [0.1, 0.15) is 39.7 Å². The Morgan fingerprint density at radius 3 is 2.23 bits per heavy atom. The number of nitrogens with zero attached hydrogens (tertiary/aromatic N) is 1. The van der Waals surface area contributed by atoms with Gasteiger partial charge in [-0.05, 0) is 38.7 Å². The van der Waals surface area contributed by atoms with Crippen LogP contribution in [0, 0.1) is 0 Å². The number of hydrogen-bond acceptors (Lipinski definition) is 4. The van der Waals surface area contributed by atoms with E-state index in [1.54, 1.807) is 0 Å². The van der Waals surface area contributed by atoms with E-state index in [9.17, 15) is 4.55 Å². The molecule has 3 rings (SSSR count). The van der Waals surface area contributed by atoms with Crippen LogP contribution >= 0.6 is 0 Å². The summed E-state index contributed by atoms with van der Waals surface area (Å²) in [6, 6.07) is 8.26. The number of hydrogen-bond donors (Lipinski definition) is 0. The van der Waals surface area contributed by atoms with E-state index in [0.29, 0.717) is 0 Å². The van der Waals surface area contributed by atoms with Crippen molar-refractivity contribution in [2.75, 3.05) is 12.3 Å². The Balaban J connectivity index is 1.67. The van der Waals surface area contributed by atoms with Crippen LogP contribution in [0.25, 0.3) is 0 Å². The Morgan fingerprint density at radius 2 is 1.73 bits per heavy atom. The zero-order valence-corrected chi connectivity index (χ0v) is 14.6. The number of benzene rings is 1. The molecule has 0 N–H and O–H groups in total. The molecule has 120 valence electrons. The summed E-state index contributed by atoms with van der Waals surface area (Å²) in [5.41, 5.74) is 1.58. The summed E-state index contributed by atoms with van der Waals surface area (Å²) in [6.07, 6.45) is 1.03. The van der Waals surface area contributed by atoms with E-state index in [1.807, 2.05) is 4.31 Å². The molecule has 1 atom stereocenters. The normalized spacial score (nSPS) is 27.5. The van der Waals surface area contributed by atoms with Crippen molar-refractivity contribution in [1.29, 1.82) is 0 Å². The molecule has 2 saturated heterocycles. The molecule has 1 unspecified atom stereocenters. The van der Waals surface area contributed by atoms with Gasteiger partial charge in [0.1, 0.15) is 5.75 Å². The van der Waals surface area contributed by atoms with E-state index >= 15 is 0 Å². The van der Waals surface area contributed by atoms with Crippen molar-refractivity contribution in [3.05, 3.63) is 29.8 Å². The van der Waals surface area contributed by atoms with Gasteiger partial charge in [0.2, 0.25) is 0 Å². The molecule has 2 aliphatic heterocycles. The van der Waals surface area contributed by atoms with E-state index < -0.39 is 11.4 Å². The zero-order chi connectivity index (χ0) is 16.0. The highest BCUT2D eigenvalue weighted by atomic mass is 32.2. The Hall–Kier alpha value is -0.525. The van der Waals surface area contributed by atoms with Crippen molar-refractivity contribution in [3.8, 4) is 0 Å². The molecule has 6 heteroatoms. The lowest BCUT2D eigenvalue weighted by Gasteiger charge is -2.32. The minimum absolute atomic E-state index is 0.317. The van der Waals surface area contributed by atoms with Gasteiger partial charge in [-0.25, -0.2) is 0 Å². The Morgan fingerprint density at radius 1 is 1.14 bits per heavy atom. The van der Waals surface area contributed by atoms with Crippen LogP contribution < -0.4 is 5.46 Å². The van der Waals surface area contributed by atoms with E-state index in [1.165, 1.54) is 5.56 Å². The highest BCUT2D eigenvalue weighted by molar-refractivity contribution is 7.89. The van der Waals surface area contributed by atoms with Gasteiger partial charge in [0, 0.05) is 24.3 Å². The van der Waals surface area contributed by atoms with Crippen LogP contribution in [0.2, 0.25) is 0 Å². The zero-order valence-electron chi connectivity index (χ0n) is 13.8. The monoisotopic (exact) mass is 321 g/mol. The highest BCUT2D eigenvalue weighted by Gasteiger charge is 2.51. The lowest BCUT2D eigenvalue weighted by Crippen LogP contribution is -2.41. The van der Waals surface area contributed by atoms with E-state index in [0.717, 1.165) is 30.7 Å². The Bertz CT molecular complexity index is 519. The maximum absolute atomic E-state index is 11.8.